The molecule has 1 nitrogen and oxygen atoms in total. The molecule has 86 valence electrons. The van der Waals surface area contributed by atoms with Crippen LogP contribution in [0, 0.1) is 12.8 Å². The van der Waals surface area contributed by atoms with Crippen molar-refractivity contribution in [2.75, 3.05) is 0 Å². The van der Waals surface area contributed by atoms with E-state index in [1.54, 1.807) is 0 Å². The summed E-state index contributed by atoms with van der Waals surface area (Å²) in [6.45, 7) is 6.23. The highest BCUT2D eigenvalue weighted by Crippen LogP contribution is 2.50. The topological polar surface area (TPSA) is 17.1 Å². The Morgan fingerprint density at radius 1 is 1.31 bits per heavy atom. The van der Waals surface area contributed by atoms with Crippen molar-refractivity contribution in [3.8, 4) is 0 Å². The minimum atomic E-state index is -0.122. The van der Waals surface area contributed by atoms with E-state index in [-0.39, 0.29) is 11.3 Å². The summed E-state index contributed by atoms with van der Waals surface area (Å²) in [4.78, 5) is 12.3. The summed E-state index contributed by atoms with van der Waals surface area (Å²) >= 11 is 0. The third-order valence-electron chi connectivity index (χ3n) is 3.89. The molecule has 1 aromatic rings. The fourth-order valence-corrected chi connectivity index (χ4v) is 2.33. The van der Waals surface area contributed by atoms with Gasteiger partial charge in [0.2, 0.25) is 0 Å². The lowest BCUT2D eigenvalue weighted by Gasteiger charge is -2.18. The van der Waals surface area contributed by atoms with E-state index >= 15 is 0 Å². The lowest BCUT2D eigenvalue weighted by Crippen LogP contribution is -2.26. The van der Waals surface area contributed by atoms with Gasteiger partial charge in [-0.3, -0.25) is 4.79 Å². The van der Waals surface area contributed by atoms with Crippen molar-refractivity contribution in [2.24, 2.45) is 5.92 Å². The second kappa shape index (κ2) is 4.04. The van der Waals surface area contributed by atoms with Crippen LogP contribution in [0.5, 0.6) is 0 Å². The molecular formula is C15H20O. The molecule has 1 heteroatoms. The molecule has 0 bridgehead atoms. The average molecular weight is 216 g/mol. The third kappa shape index (κ3) is 1.79. The Kier molecular flexibility index (Phi) is 2.88. The lowest BCUT2D eigenvalue weighted by molar-refractivity contribution is -0.125. The third-order valence-corrected chi connectivity index (χ3v) is 3.89. The smallest absolute Gasteiger partial charge is 0.146 e. The summed E-state index contributed by atoms with van der Waals surface area (Å²) in [5.74, 6) is 0.641. The van der Waals surface area contributed by atoms with E-state index in [1.807, 2.05) is 0 Å². The number of hydrogen-bond donors (Lipinski definition) is 0. The summed E-state index contributed by atoms with van der Waals surface area (Å²) < 4.78 is 0. The maximum Gasteiger partial charge on any atom is 0.146 e. The average Bonchev–Trinajstić information content (AvgIpc) is 3.09. The molecule has 0 heterocycles. The predicted molar refractivity (Wildman–Crippen MR) is 66.6 cm³/mol. The van der Waals surface area contributed by atoms with E-state index in [0.29, 0.717) is 5.78 Å². The number of Topliss-reactive ketones (excluding diaryl/α,β-unsaturated/α-hetero) is 1. The van der Waals surface area contributed by atoms with Crippen molar-refractivity contribution in [3.63, 3.8) is 0 Å². The van der Waals surface area contributed by atoms with Gasteiger partial charge in [0.15, 0.2) is 0 Å². The van der Waals surface area contributed by atoms with Crippen LogP contribution in [0.3, 0.4) is 0 Å². The summed E-state index contributed by atoms with van der Waals surface area (Å²) in [6, 6.07) is 8.48. The molecule has 0 aromatic heterocycles. The van der Waals surface area contributed by atoms with Crippen molar-refractivity contribution in [1.82, 2.24) is 0 Å². The quantitative estimate of drug-likeness (QED) is 0.751. The second-order valence-electron chi connectivity index (χ2n) is 5.12. The van der Waals surface area contributed by atoms with Crippen molar-refractivity contribution in [3.05, 3.63) is 35.4 Å². The SMILES string of the molecule is CC[C@@H](C)C(=O)C1(c2ccc(C)cc2)CC1. The monoisotopic (exact) mass is 216 g/mol. The van der Waals surface area contributed by atoms with E-state index < -0.39 is 0 Å². The normalized spacial score (nSPS) is 19.2. The van der Waals surface area contributed by atoms with Gasteiger partial charge in [-0.2, -0.15) is 0 Å². The van der Waals surface area contributed by atoms with Gasteiger partial charge in [-0.05, 0) is 31.7 Å². The number of benzene rings is 1. The first kappa shape index (κ1) is 11.4. The maximum absolute atomic E-state index is 12.3. The molecule has 1 fully saturated rings. The molecule has 0 saturated heterocycles. The number of aryl methyl sites for hydroxylation is 1. The second-order valence-corrected chi connectivity index (χ2v) is 5.12. The van der Waals surface area contributed by atoms with Crippen LogP contribution in [-0.4, -0.2) is 5.78 Å². The first-order valence-electron chi connectivity index (χ1n) is 6.21. The summed E-state index contributed by atoms with van der Waals surface area (Å²) in [7, 11) is 0. The van der Waals surface area contributed by atoms with E-state index in [0.717, 1.165) is 19.3 Å². The molecule has 2 rings (SSSR count). The Morgan fingerprint density at radius 2 is 1.88 bits per heavy atom. The van der Waals surface area contributed by atoms with Gasteiger partial charge in [0.25, 0.3) is 0 Å². The van der Waals surface area contributed by atoms with Crippen LogP contribution >= 0.6 is 0 Å². The number of hydrogen-bond acceptors (Lipinski definition) is 1. The molecular weight excluding hydrogens is 196 g/mol. The van der Waals surface area contributed by atoms with Gasteiger partial charge in [0, 0.05) is 5.92 Å². The van der Waals surface area contributed by atoms with Crippen LogP contribution in [0.2, 0.25) is 0 Å². The van der Waals surface area contributed by atoms with E-state index in [1.165, 1.54) is 11.1 Å². The van der Waals surface area contributed by atoms with Crippen LogP contribution in [-0.2, 0) is 10.2 Å². The zero-order valence-corrected chi connectivity index (χ0v) is 10.4. The fraction of sp³-hybridized carbons (Fsp3) is 0.533. The number of ketones is 1. The Labute approximate surface area is 97.9 Å². The van der Waals surface area contributed by atoms with Gasteiger partial charge >= 0.3 is 0 Å². The van der Waals surface area contributed by atoms with Crippen molar-refractivity contribution in [2.45, 2.75) is 45.4 Å². The lowest BCUT2D eigenvalue weighted by atomic mass is 9.84. The molecule has 0 spiro atoms. The molecule has 16 heavy (non-hydrogen) atoms. The van der Waals surface area contributed by atoms with Crippen LogP contribution in [0.15, 0.2) is 24.3 Å². The van der Waals surface area contributed by atoms with E-state index in [4.69, 9.17) is 0 Å². The van der Waals surface area contributed by atoms with Gasteiger partial charge < -0.3 is 0 Å². The molecule has 1 aliphatic carbocycles. The molecule has 1 aromatic carbocycles. The van der Waals surface area contributed by atoms with Crippen LogP contribution in [0.1, 0.15) is 44.2 Å². The van der Waals surface area contributed by atoms with Gasteiger partial charge in [0.05, 0.1) is 5.41 Å². The maximum atomic E-state index is 12.3. The summed E-state index contributed by atoms with van der Waals surface area (Å²) in [6.07, 6.45) is 3.03. The van der Waals surface area contributed by atoms with Gasteiger partial charge in [-0.25, -0.2) is 0 Å². The molecule has 0 amide bonds. The summed E-state index contributed by atoms with van der Waals surface area (Å²) in [5, 5.41) is 0. The zero-order valence-electron chi connectivity index (χ0n) is 10.4. The number of carbonyl (C=O) groups excluding carboxylic acids is 1. The Morgan fingerprint density at radius 3 is 2.31 bits per heavy atom. The van der Waals surface area contributed by atoms with Gasteiger partial charge in [-0.1, -0.05) is 43.7 Å². The zero-order chi connectivity index (χ0) is 11.8. The highest BCUT2D eigenvalue weighted by atomic mass is 16.1. The fourth-order valence-electron chi connectivity index (χ4n) is 2.33. The first-order valence-corrected chi connectivity index (χ1v) is 6.21. The Bertz CT molecular complexity index is 384. The Balaban J connectivity index is 2.26. The first-order chi connectivity index (χ1) is 7.60. The van der Waals surface area contributed by atoms with Crippen LogP contribution in [0.4, 0.5) is 0 Å². The molecule has 1 saturated carbocycles. The molecule has 0 unspecified atom stereocenters. The number of rotatable bonds is 4. The predicted octanol–water partition coefficient (Wildman–Crippen LogP) is 3.64. The van der Waals surface area contributed by atoms with Crippen LogP contribution < -0.4 is 0 Å². The molecule has 0 aliphatic heterocycles. The minimum absolute atomic E-state index is 0.122. The molecule has 0 N–H and O–H groups in total. The minimum Gasteiger partial charge on any atom is -0.298 e. The molecule has 0 radical (unpaired) electrons. The van der Waals surface area contributed by atoms with Gasteiger partial charge in [0.1, 0.15) is 5.78 Å². The summed E-state index contributed by atoms with van der Waals surface area (Å²) in [5.41, 5.74) is 2.36. The molecule has 1 aliphatic rings. The van der Waals surface area contributed by atoms with E-state index in [2.05, 4.69) is 45.0 Å². The standard InChI is InChI=1S/C15H20O/c1-4-12(3)14(16)15(9-10-15)13-7-5-11(2)6-8-13/h5-8,12H,4,9-10H2,1-3H3/t12-/m1/s1. The number of carbonyl (C=O) groups is 1. The van der Waals surface area contributed by atoms with E-state index in [9.17, 15) is 4.79 Å². The van der Waals surface area contributed by atoms with Gasteiger partial charge in [-0.15, -0.1) is 0 Å². The largest absolute Gasteiger partial charge is 0.298 e. The van der Waals surface area contributed by atoms with Crippen molar-refractivity contribution >= 4 is 5.78 Å². The van der Waals surface area contributed by atoms with Crippen LogP contribution in [0.25, 0.3) is 0 Å². The highest BCUT2D eigenvalue weighted by molar-refractivity contribution is 5.94. The Hall–Kier alpha value is -1.11. The van der Waals surface area contributed by atoms with Crippen molar-refractivity contribution in [1.29, 1.82) is 0 Å². The highest BCUT2D eigenvalue weighted by Gasteiger charge is 2.51. The van der Waals surface area contributed by atoms with Crippen molar-refractivity contribution < 1.29 is 4.79 Å². The molecule has 1 atom stereocenters.